The van der Waals surface area contributed by atoms with Gasteiger partial charge in [0.1, 0.15) is 18.1 Å². The lowest BCUT2D eigenvalue weighted by molar-refractivity contribution is 0.0971. The van der Waals surface area contributed by atoms with E-state index in [4.69, 9.17) is 14.0 Å². The van der Waals surface area contributed by atoms with Gasteiger partial charge in [0, 0.05) is 25.2 Å². The fourth-order valence-electron chi connectivity index (χ4n) is 2.35. The Hall–Kier alpha value is -3.28. The Morgan fingerprint density at radius 3 is 2.52 bits per heavy atom. The van der Waals surface area contributed by atoms with E-state index in [-0.39, 0.29) is 6.61 Å². The molecule has 0 saturated heterocycles. The van der Waals surface area contributed by atoms with E-state index >= 15 is 0 Å². The van der Waals surface area contributed by atoms with Gasteiger partial charge in [-0.1, -0.05) is 35.5 Å². The smallest absolute Gasteiger partial charge is 0.409 e. The van der Waals surface area contributed by atoms with Gasteiger partial charge in [0.05, 0.1) is 0 Å². The van der Waals surface area contributed by atoms with Crippen LogP contribution in [-0.4, -0.2) is 29.7 Å². The summed E-state index contributed by atoms with van der Waals surface area (Å²) >= 11 is 0. The fraction of sp³-hybridized carbons (Fsp3) is 0.238. The van der Waals surface area contributed by atoms with E-state index in [0.717, 1.165) is 16.9 Å². The van der Waals surface area contributed by atoms with Crippen LogP contribution >= 0.6 is 0 Å². The normalized spacial score (nSPS) is 10.4. The Morgan fingerprint density at radius 2 is 1.81 bits per heavy atom. The summed E-state index contributed by atoms with van der Waals surface area (Å²) in [6.45, 7) is 3.03. The average molecular weight is 366 g/mol. The zero-order chi connectivity index (χ0) is 19.1. The monoisotopic (exact) mass is 366 g/mol. The van der Waals surface area contributed by atoms with E-state index in [0.29, 0.717) is 24.6 Å². The molecular formula is C21H22N2O4. The molecule has 2 aromatic carbocycles. The number of amides is 1. The van der Waals surface area contributed by atoms with Gasteiger partial charge in [-0.2, -0.15) is 0 Å². The van der Waals surface area contributed by atoms with Crippen LogP contribution in [-0.2, 0) is 18.0 Å². The first kappa shape index (κ1) is 18.5. The van der Waals surface area contributed by atoms with Crippen molar-refractivity contribution in [2.75, 3.05) is 13.6 Å². The van der Waals surface area contributed by atoms with Crippen molar-refractivity contribution in [3.8, 4) is 17.0 Å². The van der Waals surface area contributed by atoms with Gasteiger partial charge in [-0.25, -0.2) is 4.79 Å². The number of ether oxygens (including phenoxy) is 2. The summed E-state index contributed by atoms with van der Waals surface area (Å²) in [4.78, 5) is 13.1. The number of rotatable bonds is 7. The standard InChI is InChI=1S/C21H22N2O4/c1-3-23(2)21(24)26-15-19-13-20(22-27-19)17-9-11-18(12-10-17)25-14-16-7-5-4-6-8-16/h4-13H,3,14-15H2,1-2H3. The maximum Gasteiger partial charge on any atom is 0.409 e. The molecule has 1 aromatic heterocycles. The molecule has 27 heavy (non-hydrogen) atoms. The molecule has 0 aliphatic carbocycles. The maximum atomic E-state index is 11.7. The fourth-order valence-corrected chi connectivity index (χ4v) is 2.35. The van der Waals surface area contributed by atoms with Gasteiger partial charge in [0.15, 0.2) is 12.4 Å². The second-order valence-corrected chi connectivity index (χ2v) is 6.05. The summed E-state index contributed by atoms with van der Waals surface area (Å²) < 4.78 is 16.2. The third-order valence-electron chi connectivity index (χ3n) is 4.08. The van der Waals surface area contributed by atoms with E-state index in [1.807, 2.05) is 61.5 Å². The van der Waals surface area contributed by atoms with Gasteiger partial charge in [-0.3, -0.25) is 0 Å². The molecule has 3 rings (SSSR count). The number of carbonyl (C=O) groups excluding carboxylic acids is 1. The van der Waals surface area contributed by atoms with E-state index in [9.17, 15) is 4.79 Å². The van der Waals surface area contributed by atoms with Gasteiger partial charge < -0.3 is 18.9 Å². The van der Waals surface area contributed by atoms with E-state index in [2.05, 4.69) is 5.16 Å². The van der Waals surface area contributed by atoms with Crippen LogP contribution in [0.1, 0.15) is 18.2 Å². The number of hydrogen-bond acceptors (Lipinski definition) is 5. The zero-order valence-electron chi connectivity index (χ0n) is 15.4. The SMILES string of the molecule is CCN(C)C(=O)OCc1cc(-c2ccc(OCc3ccccc3)cc2)no1. The molecule has 6 nitrogen and oxygen atoms in total. The lowest BCUT2D eigenvalue weighted by Gasteiger charge is -2.13. The molecule has 0 bridgehead atoms. The summed E-state index contributed by atoms with van der Waals surface area (Å²) in [5.74, 6) is 1.27. The molecular weight excluding hydrogens is 344 g/mol. The molecule has 0 radical (unpaired) electrons. The van der Waals surface area contributed by atoms with Gasteiger partial charge in [-0.15, -0.1) is 0 Å². The van der Waals surface area contributed by atoms with E-state index in [1.54, 1.807) is 13.1 Å². The topological polar surface area (TPSA) is 64.8 Å². The zero-order valence-corrected chi connectivity index (χ0v) is 15.4. The molecule has 1 amide bonds. The summed E-state index contributed by atoms with van der Waals surface area (Å²) in [5.41, 5.74) is 2.69. The van der Waals surface area contributed by atoms with Crippen molar-refractivity contribution in [2.45, 2.75) is 20.1 Å². The van der Waals surface area contributed by atoms with Crippen molar-refractivity contribution in [2.24, 2.45) is 0 Å². The summed E-state index contributed by atoms with van der Waals surface area (Å²) in [6, 6.07) is 19.4. The second-order valence-electron chi connectivity index (χ2n) is 6.05. The summed E-state index contributed by atoms with van der Waals surface area (Å²) in [5, 5.41) is 4.03. The summed E-state index contributed by atoms with van der Waals surface area (Å²) in [6.07, 6.45) is -0.393. The molecule has 3 aromatic rings. The van der Waals surface area contributed by atoms with Gasteiger partial charge in [-0.05, 0) is 36.8 Å². The minimum Gasteiger partial charge on any atom is -0.489 e. The molecule has 0 unspecified atom stereocenters. The van der Waals surface area contributed by atoms with Crippen LogP contribution in [0, 0.1) is 0 Å². The van der Waals surface area contributed by atoms with E-state index < -0.39 is 6.09 Å². The predicted octanol–water partition coefficient (Wildman–Crippen LogP) is 4.51. The highest BCUT2D eigenvalue weighted by Gasteiger charge is 2.11. The number of carbonyl (C=O) groups is 1. The third-order valence-corrected chi connectivity index (χ3v) is 4.08. The van der Waals surface area contributed by atoms with Crippen molar-refractivity contribution >= 4 is 6.09 Å². The Morgan fingerprint density at radius 1 is 1.07 bits per heavy atom. The molecule has 0 saturated carbocycles. The van der Waals surface area contributed by atoms with Crippen LogP contribution in [0.5, 0.6) is 5.75 Å². The number of nitrogens with zero attached hydrogens (tertiary/aromatic N) is 2. The third kappa shape index (κ3) is 5.10. The van der Waals surface area contributed by atoms with Crippen molar-refractivity contribution in [3.63, 3.8) is 0 Å². The van der Waals surface area contributed by atoms with Crippen molar-refractivity contribution in [1.82, 2.24) is 10.1 Å². The number of hydrogen-bond donors (Lipinski definition) is 0. The molecule has 0 fully saturated rings. The highest BCUT2D eigenvalue weighted by Crippen LogP contribution is 2.23. The van der Waals surface area contributed by atoms with Crippen molar-refractivity contribution in [1.29, 1.82) is 0 Å². The van der Waals surface area contributed by atoms with Crippen LogP contribution in [0.2, 0.25) is 0 Å². The second kappa shape index (κ2) is 8.89. The average Bonchev–Trinajstić information content (AvgIpc) is 3.20. The lowest BCUT2D eigenvalue weighted by atomic mass is 10.1. The molecule has 0 aliphatic rings. The lowest BCUT2D eigenvalue weighted by Crippen LogP contribution is -2.26. The Balaban J connectivity index is 1.56. The predicted molar refractivity (Wildman–Crippen MR) is 101 cm³/mol. The van der Waals surface area contributed by atoms with Crippen molar-refractivity contribution in [3.05, 3.63) is 72.0 Å². The van der Waals surface area contributed by atoms with Crippen molar-refractivity contribution < 1.29 is 18.8 Å². The van der Waals surface area contributed by atoms with E-state index in [1.165, 1.54) is 4.90 Å². The first-order chi connectivity index (χ1) is 13.2. The van der Waals surface area contributed by atoms with Crippen LogP contribution in [0.25, 0.3) is 11.3 Å². The van der Waals surface area contributed by atoms with Crippen LogP contribution < -0.4 is 4.74 Å². The molecule has 0 aliphatic heterocycles. The number of benzene rings is 2. The summed E-state index contributed by atoms with van der Waals surface area (Å²) in [7, 11) is 1.68. The Kier molecular flexibility index (Phi) is 6.10. The highest BCUT2D eigenvalue weighted by molar-refractivity contribution is 5.67. The highest BCUT2D eigenvalue weighted by atomic mass is 16.6. The Labute approximate surface area is 158 Å². The van der Waals surface area contributed by atoms with Crippen LogP contribution in [0.4, 0.5) is 4.79 Å². The molecule has 6 heteroatoms. The minimum absolute atomic E-state index is 0.0500. The quantitative estimate of drug-likeness (QED) is 0.616. The maximum absolute atomic E-state index is 11.7. The molecule has 0 atom stereocenters. The Bertz CT molecular complexity index is 859. The molecule has 1 heterocycles. The van der Waals surface area contributed by atoms with Gasteiger partial charge in [0.25, 0.3) is 0 Å². The van der Waals surface area contributed by atoms with Gasteiger partial charge in [0.2, 0.25) is 0 Å². The first-order valence-electron chi connectivity index (χ1n) is 8.76. The largest absolute Gasteiger partial charge is 0.489 e. The first-order valence-corrected chi connectivity index (χ1v) is 8.76. The van der Waals surface area contributed by atoms with Gasteiger partial charge >= 0.3 is 6.09 Å². The molecule has 0 spiro atoms. The molecule has 0 N–H and O–H groups in total. The molecule has 140 valence electrons. The van der Waals surface area contributed by atoms with Crippen LogP contribution in [0.15, 0.2) is 65.2 Å². The van der Waals surface area contributed by atoms with Crippen LogP contribution in [0.3, 0.4) is 0 Å². The number of aromatic nitrogens is 1. The minimum atomic E-state index is -0.393.